The molecule has 1 N–H and O–H groups in total. The molecule has 0 rings (SSSR count). The fraction of sp³-hybridized carbons (Fsp3) is 0.667. The predicted molar refractivity (Wildman–Crippen MR) is 159 cm³/mol. The lowest BCUT2D eigenvalue weighted by atomic mass is 10.1. The van der Waals surface area contributed by atoms with Crippen molar-refractivity contribution in [1.82, 2.24) is 0 Å². The molecule has 0 amide bonds. The minimum atomic E-state index is -0.804. The van der Waals surface area contributed by atoms with E-state index >= 15 is 0 Å². The van der Waals surface area contributed by atoms with Crippen LogP contribution in [-0.2, 0) is 23.9 Å². The van der Waals surface area contributed by atoms with E-state index in [-0.39, 0.29) is 37.4 Å². The van der Waals surface area contributed by atoms with E-state index in [1.165, 1.54) is 25.7 Å². The molecule has 39 heavy (non-hydrogen) atoms. The number of ketones is 1. The molecule has 0 unspecified atom stereocenters. The van der Waals surface area contributed by atoms with Gasteiger partial charge in [0.05, 0.1) is 6.61 Å². The highest BCUT2D eigenvalue weighted by atomic mass is 16.6. The van der Waals surface area contributed by atoms with Crippen molar-refractivity contribution in [3.63, 3.8) is 0 Å². The summed E-state index contributed by atoms with van der Waals surface area (Å²) in [5, 5.41) is 9.42. The molecular formula is C33H54O6. The fourth-order valence-electron chi connectivity index (χ4n) is 3.73. The number of rotatable bonds is 26. The van der Waals surface area contributed by atoms with Crippen LogP contribution in [0.1, 0.15) is 123 Å². The first-order valence-electron chi connectivity index (χ1n) is 15.1. The van der Waals surface area contributed by atoms with Crippen molar-refractivity contribution in [2.75, 3.05) is 13.2 Å². The van der Waals surface area contributed by atoms with Crippen molar-refractivity contribution < 1.29 is 29.0 Å². The molecule has 0 aromatic carbocycles. The van der Waals surface area contributed by atoms with Gasteiger partial charge in [-0.1, -0.05) is 108 Å². The van der Waals surface area contributed by atoms with Crippen molar-refractivity contribution in [3.05, 3.63) is 48.6 Å². The molecule has 0 spiro atoms. The number of carbonyl (C=O) groups is 3. The van der Waals surface area contributed by atoms with Gasteiger partial charge < -0.3 is 14.6 Å². The van der Waals surface area contributed by atoms with Crippen molar-refractivity contribution in [3.8, 4) is 0 Å². The Balaban J connectivity index is 3.80. The zero-order valence-electron chi connectivity index (χ0n) is 24.6. The van der Waals surface area contributed by atoms with E-state index in [9.17, 15) is 19.5 Å². The van der Waals surface area contributed by atoms with Gasteiger partial charge in [-0.15, -0.1) is 0 Å². The molecule has 0 saturated carbocycles. The molecule has 6 heteroatoms. The molecule has 0 aromatic rings. The number of aliphatic hydroxyl groups is 1. The summed E-state index contributed by atoms with van der Waals surface area (Å²) in [4.78, 5) is 35.5. The highest BCUT2D eigenvalue weighted by Crippen LogP contribution is 2.10. The van der Waals surface area contributed by atoms with E-state index in [1.807, 2.05) is 24.3 Å². The number of aliphatic hydroxyl groups excluding tert-OH is 1. The van der Waals surface area contributed by atoms with Gasteiger partial charge in [0.25, 0.3) is 0 Å². The van der Waals surface area contributed by atoms with Gasteiger partial charge in [0.1, 0.15) is 6.61 Å². The molecule has 0 aliphatic carbocycles. The van der Waals surface area contributed by atoms with Crippen LogP contribution in [0, 0.1) is 0 Å². The normalized spacial score (nSPS) is 12.7. The SMILES string of the molecule is CCCCCCCCCC(=O)O[C@@H](CO)COC(=O)CCC/C=C\C/C=C\C/C=C\C=C\C(=O)CCCCC. The van der Waals surface area contributed by atoms with Crippen molar-refractivity contribution in [2.45, 2.75) is 129 Å². The maximum atomic E-state index is 11.9. The molecule has 0 fully saturated rings. The van der Waals surface area contributed by atoms with Gasteiger partial charge in [-0.2, -0.15) is 0 Å². The van der Waals surface area contributed by atoms with E-state index in [0.717, 1.165) is 57.8 Å². The monoisotopic (exact) mass is 546 g/mol. The van der Waals surface area contributed by atoms with Gasteiger partial charge >= 0.3 is 11.9 Å². The lowest BCUT2D eigenvalue weighted by molar-refractivity contribution is -0.161. The summed E-state index contributed by atoms with van der Waals surface area (Å²) >= 11 is 0. The minimum absolute atomic E-state index is 0.113. The standard InChI is InChI=1S/C33H54O6/c1-3-5-7-8-14-19-23-27-33(37)39-31(28-34)29-38-32(36)26-22-18-16-13-11-9-10-12-15-17-21-25-30(35)24-20-6-4-2/h9-10,13,15-17,21,25,31,34H,3-8,11-12,14,18-20,22-24,26-29H2,1-2H3/b10-9-,16-13-,17-15-,25-21+/t31-/m0/s1. The molecule has 6 nitrogen and oxygen atoms in total. The van der Waals surface area contributed by atoms with Crippen LogP contribution in [-0.4, -0.2) is 42.1 Å². The Morgan fingerprint density at radius 2 is 1.26 bits per heavy atom. The molecule has 0 aliphatic heterocycles. The van der Waals surface area contributed by atoms with Crippen LogP contribution in [0.2, 0.25) is 0 Å². The van der Waals surface area contributed by atoms with E-state index in [0.29, 0.717) is 19.3 Å². The van der Waals surface area contributed by atoms with E-state index in [2.05, 4.69) is 32.1 Å². The van der Waals surface area contributed by atoms with Crippen LogP contribution in [0.15, 0.2) is 48.6 Å². The van der Waals surface area contributed by atoms with Crippen molar-refractivity contribution >= 4 is 17.7 Å². The van der Waals surface area contributed by atoms with Gasteiger partial charge in [0.2, 0.25) is 0 Å². The summed E-state index contributed by atoms with van der Waals surface area (Å²) in [7, 11) is 0. The number of ether oxygens (including phenoxy) is 2. The van der Waals surface area contributed by atoms with Crippen LogP contribution in [0.5, 0.6) is 0 Å². The van der Waals surface area contributed by atoms with Gasteiger partial charge in [0.15, 0.2) is 11.9 Å². The zero-order chi connectivity index (χ0) is 28.8. The number of hydrogen-bond acceptors (Lipinski definition) is 6. The first kappa shape index (κ1) is 36.5. The number of carbonyl (C=O) groups excluding carboxylic acids is 3. The fourth-order valence-corrected chi connectivity index (χ4v) is 3.73. The molecular weight excluding hydrogens is 492 g/mol. The summed E-state index contributed by atoms with van der Waals surface area (Å²) < 4.78 is 10.4. The third-order valence-electron chi connectivity index (χ3n) is 6.10. The second-order valence-electron chi connectivity index (χ2n) is 9.87. The van der Waals surface area contributed by atoms with Crippen molar-refractivity contribution in [1.29, 1.82) is 0 Å². The maximum Gasteiger partial charge on any atom is 0.306 e. The van der Waals surface area contributed by atoms with E-state index in [4.69, 9.17) is 9.47 Å². The smallest absolute Gasteiger partial charge is 0.306 e. The average Bonchev–Trinajstić information content (AvgIpc) is 2.93. The number of esters is 2. The predicted octanol–water partition coefficient (Wildman–Crippen LogP) is 7.90. The summed E-state index contributed by atoms with van der Waals surface area (Å²) in [5.74, 6) is -0.519. The summed E-state index contributed by atoms with van der Waals surface area (Å²) in [5.41, 5.74) is 0. The molecule has 222 valence electrons. The third kappa shape index (κ3) is 26.9. The molecule has 0 radical (unpaired) electrons. The highest BCUT2D eigenvalue weighted by molar-refractivity contribution is 5.89. The molecule has 0 heterocycles. The average molecular weight is 547 g/mol. The summed E-state index contributed by atoms with van der Waals surface area (Å²) in [6.45, 7) is 3.84. The van der Waals surface area contributed by atoms with Crippen LogP contribution in [0.3, 0.4) is 0 Å². The van der Waals surface area contributed by atoms with Crippen LogP contribution < -0.4 is 0 Å². The Morgan fingerprint density at radius 3 is 1.97 bits per heavy atom. The van der Waals surface area contributed by atoms with Gasteiger partial charge in [-0.05, 0) is 44.6 Å². The largest absolute Gasteiger partial charge is 0.462 e. The second-order valence-corrected chi connectivity index (χ2v) is 9.87. The quantitative estimate of drug-likeness (QED) is 0.0390. The Morgan fingerprint density at radius 1 is 0.667 bits per heavy atom. The molecule has 0 saturated heterocycles. The topological polar surface area (TPSA) is 89.9 Å². The van der Waals surface area contributed by atoms with Crippen LogP contribution in [0.4, 0.5) is 0 Å². The zero-order valence-corrected chi connectivity index (χ0v) is 24.6. The van der Waals surface area contributed by atoms with Crippen LogP contribution >= 0.6 is 0 Å². The van der Waals surface area contributed by atoms with Crippen molar-refractivity contribution in [2.24, 2.45) is 0 Å². The number of allylic oxidation sites excluding steroid dienone is 8. The first-order chi connectivity index (χ1) is 19.0. The Labute approximate surface area is 237 Å². The minimum Gasteiger partial charge on any atom is -0.462 e. The lowest BCUT2D eigenvalue weighted by Crippen LogP contribution is -2.28. The molecule has 0 bridgehead atoms. The number of unbranched alkanes of at least 4 members (excludes halogenated alkanes) is 9. The summed E-state index contributed by atoms with van der Waals surface area (Å²) in [6.07, 6.45) is 30.2. The Bertz CT molecular complexity index is 734. The molecule has 0 aromatic heterocycles. The van der Waals surface area contributed by atoms with Crippen LogP contribution in [0.25, 0.3) is 0 Å². The van der Waals surface area contributed by atoms with Gasteiger partial charge in [-0.3, -0.25) is 14.4 Å². The first-order valence-corrected chi connectivity index (χ1v) is 15.1. The van der Waals surface area contributed by atoms with Gasteiger partial charge in [0, 0.05) is 19.3 Å². The highest BCUT2D eigenvalue weighted by Gasteiger charge is 2.15. The number of hydrogen-bond donors (Lipinski definition) is 1. The Kier molecular flexibility index (Phi) is 26.7. The third-order valence-corrected chi connectivity index (χ3v) is 6.10. The van der Waals surface area contributed by atoms with E-state index in [1.54, 1.807) is 6.08 Å². The van der Waals surface area contributed by atoms with E-state index < -0.39 is 6.10 Å². The Hall–Kier alpha value is -2.47. The lowest BCUT2D eigenvalue weighted by Gasteiger charge is -2.15. The molecule has 0 aliphatic rings. The van der Waals surface area contributed by atoms with Gasteiger partial charge in [-0.25, -0.2) is 0 Å². The maximum absolute atomic E-state index is 11.9. The summed E-state index contributed by atoms with van der Waals surface area (Å²) in [6, 6.07) is 0. The second kappa shape index (κ2) is 28.5. The molecule has 1 atom stereocenters.